The van der Waals surface area contributed by atoms with Crippen LogP contribution in [-0.2, 0) is 6.54 Å². The van der Waals surface area contributed by atoms with Crippen LogP contribution in [-0.4, -0.2) is 33.3 Å². The first-order valence-electron chi connectivity index (χ1n) is 5.21. The minimum Gasteiger partial charge on any atom is -0.372 e. The highest BCUT2D eigenvalue weighted by molar-refractivity contribution is 9.10. The monoisotopic (exact) mass is 296 g/mol. The second-order valence-corrected chi connectivity index (χ2v) is 4.12. The van der Waals surface area contributed by atoms with E-state index < -0.39 is 0 Å². The van der Waals surface area contributed by atoms with Gasteiger partial charge in [-0.2, -0.15) is 5.10 Å². The van der Waals surface area contributed by atoms with E-state index in [-0.39, 0.29) is 0 Å². The van der Waals surface area contributed by atoms with Gasteiger partial charge < -0.3 is 10.6 Å². The second kappa shape index (κ2) is 5.62. The summed E-state index contributed by atoms with van der Waals surface area (Å²) >= 11 is 3.45. The van der Waals surface area contributed by atoms with Crippen molar-refractivity contribution in [3.05, 3.63) is 29.3 Å². The molecular weight excluding hydrogens is 284 g/mol. The van der Waals surface area contributed by atoms with Crippen molar-refractivity contribution in [3.8, 4) is 0 Å². The molecule has 0 amide bonds. The highest BCUT2D eigenvalue weighted by Gasteiger charge is 2.06. The second-order valence-electron chi connectivity index (χ2n) is 3.33. The lowest BCUT2D eigenvalue weighted by Gasteiger charge is -2.09. The van der Waals surface area contributed by atoms with E-state index in [1.807, 2.05) is 24.0 Å². The molecule has 2 rings (SSSR count). The average Bonchev–Trinajstić information content (AvgIpc) is 2.84. The van der Waals surface area contributed by atoms with Gasteiger partial charge >= 0.3 is 0 Å². The number of halogens is 1. The van der Waals surface area contributed by atoms with Crippen LogP contribution in [0.25, 0.3) is 0 Å². The molecule has 0 unspecified atom stereocenters. The van der Waals surface area contributed by atoms with E-state index in [4.69, 9.17) is 0 Å². The summed E-state index contributed by atoms with van der Waals surface area (Å²) < 4.78 is 2.70. The molecule has 0 fully saturated rings. The van der Waals surface area contributed by atoms with Gasteiger partial charge in [-0.15, -0.1) is 0 Å². The smallest absolute Gasteiger partial charge is 0.146 e. The van der Waals surface area contributed by atoms with Crippen LogP contribution in [0.2, 0.25) is 0 Å². The van der Waals surface area contributed by atoms with E-state index in [2.05, 4.69) is 41.6 Å². The predicted octanol–water partition coefficient (Wildman–Crippen LogP) is 1.59. The van der Waals surface area contributed by atoms with Gasteiger partial charge in [-0.05, 0) is 22.0 Å². The Balaban J connectivity index is 1.95. The van der Waals surface area contributed by atoms with Crippen LogP contribution in [0.1, 0.15) is 0 Å². The molecule has 2 aromatic rings. The first-order chi connectivity index (χ1) is 8.31. The van der Waals surface area contributed by atoms with Gasteiger partial charge in [-0.1, -0.05) is 0 Å². The number of hydrogen-bond donors (Lipinski definition) is 2. The molecule has 0 saturated heterocycles. The van der Waals surface area contributed by atoms with E-state index in [1.165, 1.54) is 6.33 Å². The molecule has 2 heterocycles. The fourth-order valence-electron chi connectivity index (χ4n) is 1.39. The van der Waals surface area contributed by atoms with Crippen molar-refractivity contribution in [2.45, 2.75) is 6.54 Å². The lowest BCUT2D eigenvalue weighted by molar-refractivity contribution is 0.637. The quantitative estimate of drug-likeness (QED) is 0.877. The van der Waals surface area contributed by atoms with Crippen molar-refractivity contribution in [2.24, 2.45) is 0 Å². The third-order valence-electron chi connectivity index (χ3n) is 2.22. The molecule has 0 bridgehead atoms. The maximum atomic E-state index is 4.17. The van der Waals surface area contributed by atoms with Crippen molar-refractivity contribution >= 4 is 27.6 Å². The maximum Gasteiger partial charge on any atom is 0.146 e. The topological polar surface area (TPSA) is 67.7 Å². The van der Waals surface area contributed by atoms with Gasteiger partial charge in [0.1, 0.15) is 22.4 Å². The third kappa shape index (κ3) is 2.94. The van der Waals surface area contributed by atoms with E-state index in [0.29, 0.717) is 0 Å². The van der Waals surface area contributed by atoms with Gasteiger partial charge in [-0.25, -0.2) is 9.97 Å². The van der Waals surface area contributed by atoms with Crippen LogP contribution in [0, 0.1) is 0 Å². The SMILES string of the molecule is CNc1ncnc(NCCn2cccn2)c1Br. The molecule has 0 saturated carbocycles. The molecule has 0 aliphatic rings. The number of nitrogens with one attached hydrogen (secondary N) is 2. The molecule has 17 heavy (non-hydrogen) atoms. The van der Waals surface area contributed by atoms with Crippen LogP contribution in [0.5, 0.6) is 0 Å². The summed E-state index contributed by atoms with van der Waals surface area (Å²) in [6.07, 6.45) is 5.21. The van der Waals surface area contributed by atoms with Gasteiger partial charge in [0, 0.05) is 26.0 Å². The van der Waals surface area contributed by atoms with Gasteiger partial charge in [0.2, 0.25) is 0 Å². The minimum absolute atomic E-state index is 0.750. The highest BCUT2D eigenvalue weighted by atomic mass is 79.9. The number of nitrogens with zero attached hydrogens (tertiary/aromatic N) is 4. The zero-order valence-electron chi connectivity index (χ0n) is 9.39. The Labute approximate surface area is 108 Å². The van der Waals surface area contributed by atoms with Crippen LogP contribution in [0.15, 0.2) is 29.3 Å². The first kappa shape index (κ1) is 11.8. The Kier molecular flexibility index (Phi) is 3.92. The first-order valence-corrected chi connectivity index (χ1v) is 6.00. The summed E-state index contributed by atoms with van der Waals surface area (Å²) in [7, 11) is 1.82. The van der Waals surface area contributed by atoms with E-state index in [0.717, 1.165) is 29.2 Å². The molecule has 0 aliphatic carbocycles. The lowest BCUT2D eigenvalue weighted by atomic mass is 10.5. The van der Waals surface area contributed by atoms with Gasteiger partial charge in [0.05, 0.1) is 6.54 Å². The minimum atomic E-state index is 0.750. The van der Waals surface area contributed by atoms with Gasteiger partial charge in [-0.3, -0.25) is 4.68 Å². The molecule has 2 aromatic heterocycles. The Morgan fingerprint density at radius 1 is 1.35 bits per heavy atom. The zero-order valence-corrected chi connectivity index (χ0v) is 11.0. The predicted molar refractivity (Wildman–Crippen MR) is 70.0 cm³/mol. The molecule has 0 aliphatic heterocycles. The summed E-state index contributed by atoms with van der Waals surface area (Å²) in [5, 5.41) is 10.3. The summed E-state index contributed by atoms with van der Waals surface area (Å²) in [6, 6.07) is 1.90. The fourth-order valence-corrected chi connectivity index (χ4v) is 1.93. The number of anilines is 2. The molecule has 0 spiro atoms. The molecule has 0 atom stereocenters. The van der Waals surface area contributed by atoms with E-state index >= 15 is 0 Å². The standard InChI is InChI=1S/C10H13BrN6/c1-12-9-8(11)10(15-7-14-9)13-4-6-17-5-2-3-16-17/h2-3,5,7H,4,6H2,1H3,(H2,12,13,14,15). The van der Waals surface area contributed by atoms with Crippen molar-refractivity contribution in [1.82, 2.24) is 19.7 Å². The Hall–Kier alpha value is -1.63. The Bertz CT molecular complexity index is 470. The van der Waals surface area contributed by atoms with Gasteiger partial charge in [0.25, 0.3) is 0 Å². The largest absolute Gasteiger partial charge is 0.372 e. The van der Waals surface area contributed by atoms with E-state index in [9.17, 15) is 0 Å². The Morgan fingerprint density at radius 3 is 2.88 bits per heavy atom. The molecule has 7 heteroatoms. The van der Waals surface area contributed by atoms with Crippen molar-refractivity contribution in [2.75, 3.05) is 24.2 Å². The van der Waals surface area contributed by atoms with Crippen molar-refractivity contribution in [3.63, 3.8) is 0 Å². The Morgan fingerprint density at radius 2 is 2.18 bits per heavy atom. The number of hydrogen-bond acceptors (Lipinski definition) is 5. The van der Waals surface area contributed by atoms with E-state index in [1.54, 1.807) is 6.20 Å². The van der Waals surface area contributed by atoms with Crippen molar-refractivity contribution in [1.29, 1.82) is 0 Å². The lowest BCUT2D eigenvalue weighted by Crippen LogP contribution is -2.12. The number of aromatic nitrogens is 4. The van der Waals surface area contributed by atoms with Crippen LogP contribution in [0.4, 0.5) is 11.6 Å². The summed E-state index contributed by atoms with van der Waals surface area (Å²) in [4.78, 5) is 8.26. The average molecular weight is 297 g/mol. The molecular formula is C10H13BrN6. The van der Waals surface area contributed by atoms with Crippen LogP contribution >= 0.6 is 15.9 Å². The summed E-state index contributed by atoms with van der Waals surface area (Å²) in [5.41, 5.74) is 0. The third-order valence-corrected chi connectivity index (χ3v) is 2.97. The van der Waals surface area contributed by atoms with Crippen LogP contribution < -0.4 is 10.6 Å². The molecule has 2 N–H and O–H groups in total. The van der Waals surface area contributed by atoms with Crippen LogP contribution in [0.3, 0.4) is 0 Å². The summed E-state index contributed by atoms with van der Waals surface area (Å²) in [5.74, 6) is 1.54. The number of rotatable bonds is 5. The molecule has 90 valence electrons. The van der Waals surface area contributed by atoms with Crippen molar-refractivity contribution < 1.29 is 0 Å². The maximum absolute atomic E-state index is 4.17. The highest BCUT2D eigenvalue weighted by Crippen LogP contribution is 2.25. The molecule has 0 radical (unpaired) electrons. The molecule has 6 nitrogen and oxygen atoms in total. The zero-order chi connectivity index (χ0) is 12.1. The molecule has 0 aromatic carbocycles. The van der Waals surface area contributed by atoms with Gasteiger partial charge in [0.15, 0.2) is 0 Å². The fraction of sp³-hybridized carbons (Fsp3) is 0.300. The summed E-state index contributed by atoms with van der Waals surface area (Å²) in [6.45, 7) is 1.54. The normalized spacial score (nSPS) is 10.2.